The maximum absolute atomic E-state index is 13.4. The molecule has 2 amide bonds. The molecule has 746 valence electrons. The van der Waals surface area contributed by atoms with Gasteiger partial charge >= 0.3 is 47.9 Å². The van der Waals surface area contributed by atoms with Crippen LogP contribution in [0, 0.1) is 21.7 Å². The standard InChI is InChI=1S/C57H58N2O13.C37H34O8.C12H18N2O2.C8H4O3/c1-7-49(62)70-51(69-31-48(61)44-17-9-10-18-45(44)53(64)65)32-67-40-25-21-37(22-26-40)57(46-19-13-11-15-42(46)43-16-12-14-20-47(43)57)38-23-27-41(28-24-38)68-33-52(71-50(63)8-2)72-54(66)59-39-29-55(4,5)34-56(6,30-39)35-58-36(3)60;1-3-35(40)44-23-27(38)21-42-29-17-13-25(14-18-29)37(33-11-7-5-9-31(33)32-10-6-8-12-34(32)37)26-15-19-30(20-16-26)43-22-28(39)24-45-36(41)4-2;1-11(2)4-10(14-9-16)5-12(3,6-11)7-13-8-15;9-7-5-3-1-2-4-6(5)8(10)11-7/h7-28,39,51-52H,1-2,29-35H2,3-6H3,(H,58,60)(H,59,66)(H,64,65);3-20,27-28,38-39H,1-2,21-24H2;10H,4-7H2,1-3H3;1-4H. The number of nitrogens with zero attached hydrogens (tertiary/aromatic N) is 2. The third-order valence-electron chi connectivity index (χ3n) is 25.1. The number of benzene rings is 10. The summed E-state index contributed by atoms with van der Waals surface area (Å²) in [5.41, 5.74) is 11.2. The number of carboxylic acid groups (broad SMARTS) is 1. The number of fused-ring (bicyclic) bond motifs is 7. The fourth-order valence-corrected chi connectivity index (χ4v) is 19.9. The first-order valence-electron chi connectivity index (χ1n) is 46.6. The normalized spacial score (nSPS) is 17.9. The number of carbonyl (C=O) groups is 10. The molecule has 0 radical (unpaired) electrons. The number of isocyanates is 2. The Balaban J connectivity index is 0.000000214. The van der Waals surface area contributed by atoms with Gasteiger partial charge in [0, 0.05) is 49.4 Å². The highest BCUT2D eigenvalue weighted by atomic mass is 16.7. The molecular weight excluding hydrogens is 1840 g/mol. The molecule has 1 aliphatic heterocycles. The van der Waals surface area contributed by atoms with Crippen molar-refractivity contribution in [1.29, 1.82) is 0 Å². The number of ether oxygens (including phenoxy) is 11. The number of rotatable bonds is 38. The van der Waals surface area contributed by atoms with E-state index in [9.17, 15) is 72.9 Å². The van der Waals surface area contributed by atoms with Gasteiger partial charge in [-0.05, 0) is 194 Å². The van der Waals surface area contributed by atoms with Crippen LogP contribution in [0.3, 0.4) is 0 Å². The number of alkyl carbamates (subject to hydrolysis) is 1. The van der Waals surface area contributed by atoms with Crippen LogP contribution in [0.2, 0.25) is 0 Å². The Labute approximate surface area is 833 Å². The number of cyclic esters (lactones) is 2. The van der Waals surface area contributed by atoms with E-state index in [4.69, 9.17) is 47.4 Å². The zero-order chi connectivity index (χ0) is 104. The lowest BCUT2D eigenvalue weighted by atomic mass is 9.62. The number of aliphatic imine (C=N–C) groups is 2. The van der Waals surface area contributed by atoms with E-state index in [0.717, 1.165) is 117 Å². The summed E-state index contributed by atoms with van der Waals surface area (Å²) in [5, 5.41) is 35.7. The van der Waals surface area contributed by atoms with E-state index in [1.165, 1.54) is 31.2 Å². The highest BCUT2D eigenvalue weighted by molar-refractivity contribution is 6.14. The van der Waals surface area contributed by atoms with Gasteiger partial charge in [0.15, 0.2) is 19.0 Å². The molecule has 0 spiro atoms. The van der Waals surface area contributed by atoms with Gasteiger partial charge in [0.2, 0.25) is 24.4 Å². The fourth-order valence-electron chi connectivity index (χ4n) is 19.9. The zero-order valence-corrected chi connectivity index (χ0v) is 80.9. The van der Waals surface area contributed by atoms with Crippen molar-refractivity contribution >= 4 is 71.7 Å². The number of aliphatic hydroxyl groups excluding tert-OH is 2. The van der Waals surface area contributed by atoms with Crippen LogP contribution >= 0.6 is 0 Å². The summed E-state index contributed by atoms with van der Waals surface area (Å²) in [6.07, 6.45) is 6.48. The predicted octanol–water partition coefficient (Wildman–Crippen LogP) is 17.2. The van der Waals surface area contributed by atoms with Gasteiger partial charge in [0.25, 0.3) is 6.29 Å². The molecule has 0 bridgehead atoms. The molecule has 10 aromatic rings. The van der Waals surface area contributed by atoms with Crippen LogP contribution in [0.5, 0.6) is 23.0 Å². The van der Waals surface area contributed by atoms with Crippen molar-refractivity contribution in [3.05, 3.63) is 360 Å². The SMILES string of the molecule is C=CC(=O)OC(COc1ccc(C2(c3ccc(OCC(OC(=O)C=C)OC(=O)NC4CC(C)(C)CC(C)(CNC(C)=O)C4)cc3)c3ccccc3-c3ccccc32)cc1)OCC(=O)c1ccccc1C(=O)O.C=CC(=O)OCC(O)COc1ccc(C2(c3ccc(OCC(O)COC(=O)C=C)cc3)c3ccccc3-c3ccccc32)cc1.CC1(C)CC(N=C=O)CC(C)(CN=C=O)C1.O=C1OC(=O)c2ccccc21. The lowest BCUT2D eigenvalue weighted by Crippen LogP contribution is -2.51. The second-order valence-corrected chi connectivity index (χ2v) is 37.5. The first kappa shape index (κ1) is 107. The Kier molecular flexibility index (Phi) is 35.9. The molecule has 8 unspecified atom stereocenters. The first-order chi connectivity index (χ1) is 69.0. The highest BCUT2D eigenvalue weighted by Gasteiger charge is 2.49. The minimum atomic E-state index is -1.42. The summed E-state index contributed by atoms with van der Waals surface area (Å²) in [6.45, 7) is 27.0. The van der Waals surface area contributed by atoms with Gasteiger partial charge in [-0.1, -0.05) is 244 Å². The fraction of sp³-hybridized carbons (Fsp3) is 0.298. The molecule has 0 saturated heterocycles. The minimum Gasteiger partial charge on any atom is -0.491 e. The van der Waals surface area contributed by atoms with Crippen LogP contribution < -0.4 is 29.6 Å². The Bertz CT molecular complexity index is 6270. The summed E-state index contributed by atoms with van der Waals surface area (Å²) in [5.74, 6) is -4.03. The van der Waals surface area contributed by atoms with E-state index >= 15 is 0 Å². The van der Waals surface area contributed by atoms with Crippen LogP contribution in [-0.2, 0) is 77.5 Å². The topological polar surface area (TPSA) is 416 Å². The van der Waals surface area contributed by atoms with Crippen molar-refractivity contribution in [1.82, 2.24) is 10.6 Å². The molecule has 0 aromatic heterocycles. The van der Waals surface area contributed by atoms with Crippen LogP contribution in [-0.4, -0.2) is 183 Å². The molecule has 5 aliphatic rings. The highest BCUT2D eigenvalue weighted by Crippen LogP contribution is 2.59. The van der Waals surface area contributed by atoms with E-state index in [0.29, 0.717) is 60.1 Å². The van der Waals surface area contributed by atoms with E-state index in [1.54, 1.807) is 60.7 Å². The Hall–Kier alpha value is -16.1. The number of hydrogen-bond acceptors (Lipinski definition) is 27. The lowest BCUT2D eigenvalue weighted by Gasteiger charge is -2.46. The summed E-state index contributed by atoms with van der Waals surface area (Å²) in [4.78, 5) is 147. The van der Waals surface area contributed by atoms with Gasteiger partial charge < -0.3 is 78.1 Å². The lowest BCUT2D eigenvalue weighted by molar-refractivity contribution is -0.176. The number of amides is 2. The van der Waals surface area contributed by atoms with Crippen molar-refractivity contribution in [2.75, 3.05) is 59.3 Å². The molecule has 30 heteroatoms. The summed E-state index contributed by atoms with van der Waals surface area (Å²) >= 11 is 0. The Morgan fingerprint density at radius 1 is 0.438 bits per heavy atom. The third-order valence-corrected chi connectivity index (χ3v) is 25.1. The quantitative estimate of drug-likeness (QED) is 0.00351. The van der Waals surface area contributed by atoms with Crippen LogP contribution in [0.15, 0.2) is 303 Å². The van der Waals surface area contributed by atoms with E-state index in [2.05, 4.69) is 142 Å². The van der Waals surface area contributed by atoms with E-state index in [-0.39, 0.29) is 90.4 Å². The monoisotopic (exact) mass is 1950 g/mol. The number of hydrogen-bond donors (Lipinski definition) is 5. The second-order valence-electron chi connectivity index (χ2n) is 37.5. The van der Waals surface area contributed by atoms with Crippen molar-refractivity contribution in [2.45, 2.75) is 135 Å². The molecule has 5 N–H and O–H groups in total. The van der Waals surface area contributed by atoms with Crippen LogP contribution in [0.4, 0.5) is 4.79 Å². The molecule has 10 aromatic carbocycles. The van der Waals surface area contributed by atoms with Crippen LogP contribution in [0.1, 0.15) is 173 Å². The number of carbonyl (C=O) groups excluding carboxylic acids is 11. The van der Waals surface area contributed by atoms with E-state index in [1.807, 2.05) is 121 Å². The number of aromatic carboxylic acids is 1. The summed E-state index contributed by atoms with van der Waals surface area (Å²) < 4.78 is 59.9. The largest absolute Gasteiger partial charge is 0.491 e. The smallest absolute Gasteiger partial charge is 0.410 e. The second kappa shape index (κ2) is 48.4. The number of carboxylic acids is 1. The number of esters is 6. The molecule has 1 heterocycles. The predicted molar refractivity (Wildman–Crippen MR) is 532 cm³/mol. The molecule has 2 fully saturated rings. The number of Topliss-reactive ketones (excluding diaryl/α,β-unsaturated/α-hetero) is 1. The molecular formula is C114H114N4O26. The molecule has 8 atom stereocenters. The van der Waals surface area contributed by atoms with Gasteiger partial charge in [-0.25, -0.2) is 57.9 Å². The van der Waals surface area contributed by atoms with Crippen molar-refractivity contribution < 1.29 is 125 Å². The molecule has 4 aliphatic carbocycles. The number of nitrogens with one attached hydrogen (secondary N) is 2. The summed E-state index contributed by atoms with van der Waals surface area (Å²) in [7, 11) is 0. The third kappa shape index (κ3) is 26.8. The van der Waals surface area contributed by atoms with Gasteiger partial charge in [-0.15, -0.1) is 0 Å². The molecule has 15 rings (SSSR count). The average Bonchev–Trinajstić information content (AvgIpc) is 1.54. The zero-order valence-electron chi connectivity index (χ0n) is 80.9. The Morgan fingerprint density at radius 2 is 0.806 bits per heavy atom. The van der Waals surface area contributed by atoms with Gasteiger partial charge in [0.1, 0.15) is 68.2 Å². The van der Waals surface area contributed by atoms with Crippen molar-refractivity contribution in [2.24, 2.45) is 31.6 Å². The first-order valence-corrected chi connectivity index (χ1v) is 46.6. The van der Waals surface area contributed by atoms with E-state index < -0.39 is 95.9 Å². The molecule has 30 nitrogen and oxygen atoms in total. The molecule has 2 saturated carbocycles. The number of ketones is 1. The van der Waals surface area contributed by atoms with Crippen molar-refractivity contribution in [3.8, 4) is 45.3 Å². The van der Waals surface area contributed by atoms with Gasteiger partial charge in [-0.2, -0.15) is 0 Å². The number of aliphatic hydroxyl groups is 2. The van der Waals surface area contributed by atoms with Gasteiger partial charge in [-0.3, -0.25) is 9.59 Å². The van der Waals surface area contributed by atoms with Crippen LogP contribution in [0.25, 0.3) is 22.3 Å². The van der Waals surface area contributed by atoms with Gasteiger partial charge in [0.05, 0.1) is 40.1 Å². The molecule has 144 heavy (non-hydrogen) atoms. The summed E-state index contributed by atoms with van der Waals surface area (Å²) in [6, 6.07) is 75.5. The average molecular weight is 1960 g/mol. The minimum absolute atomic E-state index is 0.00750. The van der Waals surface area contributed by atoms with Crippen molar-refractivity contribution in [3.63, 3.8) is 0 Å². The maximum atomic E-state index is 13.4. The Morgan fingerprint density at radius 3 is 1.20 bits per heavy atom. The maximum Gasteiger partial charge on any atom is 0.410 e.